The second kappa shape index (κ2) is 9.57. The van der Waals surface area contributed by atoms with Crippen molar-refractivity contribution in [2.75, 3.05) is 13.2 Å². The van der Waals surface area contributed by atoms with E-state index in [0.717, 1.165) is 4.47 Å². The molecule has 2 aromatic carbocycles. The van der Waals surface area contributed by atoms with Crippen molar-refractivity contribution < 1.29 is 23.9 Å². The van der Waals surface area contributed by atoms with Crippen molar-refractivity contribution in [1.82, 2.24) is 10.9 Å². The van der Waals surface area contributed by atoms with E-state index in [1.54, 1.807) is 55.5 Å². The summed E-state index contributed by atoms with van der Waals surface area (Å²) in [5.41, 5.74) is 5.36. The van der Waals surface area contributed by atoms with Crippen LogP contribution >= 0.6 is 15.9 Å². The Hall–Kier alpha value is -2.87. The Morgan fingerprint density at radius 2 is 1.73 bits per heavy atom. The van der Waals surface area contributed by atoms with Gasteiger partial charge in [0.25, 0.3) is 11.8 Å². The number of amides is 2. The Bertz CT molecular complexity index is 792. The van der Waals surface area contributed by atoms with Gasteiger partial charge in [-0.15, -0.1) is 0 Å². The molecule has 0 spiro atoms. The molecule has 0 bridgehead atoms. The molecule has 0 aliphatic heterocycles. The van der Waals surface area contributed by atoms with Crippen LogP contribution in [0, 0.1) is 0 Å². The van der Waals surface area contributed by atoms with Crippen molar-refractivity contribution in [3.8, 4) is 5.75 Å². The highest BCUT2D eigenvalue weighted by Crippen LogP contribution is 2.13. The van der Waals surface area contributed by atoms with Gasteiger partial charge in [-0.2, -0.15) is 0 Å². The number of carbonyl (C=O) groups is 3. The zero-order valence-corrected chi connectivity index (χ0v) is 15.5. The zero-order chi connectivity index (χ0) is 18.9. The van der Waals surface area contributed by atoms with Crippen LogP contribution in [0.5, 0.6) is 5.75 Å². The first-order valence-corrected chi connectivity index (χ1v) is 8.53. The summed E-state index contributed by atoms with van der Waals surface area (Å²) in [6.45, 7) is 1.73. The lowest BCUT2D eigenvalue weighted by Crippen LogP contribution is -2.43. The van der Waals surface area contributed by atoms with E-state index in [-0.39, 0.29) is 6.61 Å². The molecule has 0 aromatic heterocycles. The van der Waals surface area contributed by atoms with E-state index >= 15 is 0 Å². The molecule has 2 N–H and O–H groups in total. The predicted octanol–water partition coefficient (Wildman–Crippen LogP) is 2.47. The quantitative estimate of drug-likeness (QED) is 0.552. The molecule has 0 heterocycles. The summed E-state index contributed by atoms with van der Waals surface area (Å²) in [4.78, 5) is 35.2. The molecule has 0 aliphatic carbocycles. The number of hydrazine groups is 1. The fourth-order valence-electron chi connectivity index (χ4n) is 1.91. The molecule has 26 heavy (non-hydrogen) atoms. The van der Waals surface area contributed by atoms with Gasteiger partial charge in [-0.3, -0.25) is 20.4 Å². The second-order valence-electron chi connectivity index (χ2n) is 5.05. The van der Waals surface area contributed by atoms with Crippen LogP contribution < -0.4 is 15.6 Å². The van der Waals surface area contributed by atoms with Gasteiger partial charge in [0.2, 0.25) is 0 Å². The van der Waals surface area contributed by atoms with E-state index in [2.05, 4.69) is 26.8 Å². The number of ether oxygens (including phenoxy) is 2. The monoisotopic (exact) mass is 420 g/mol. The van der Waals surface area contributed by atoms with Crippen LogP contribution in [0.1, 0.15) is 27.6 Å². The van der Waals surface area contributed by atoms with Gasteiger partial charge in [-0.25, -0.2) is 4.79 Å². The highest BCUT2D eigenvalue weighted by molar-refractivity contribution is 9.10. The first kappa shape index (κ1) is 19.5. The molecular weight excluding hydrogens is 404 g/mol. The summed E-state index contributed by atoms with van der Waals surface area (Å²) in [6, 6.07) is 12.9. The van der Waals surface area contributed by atoms with Crippen LogP contribution in [0.3, 0.4) is 0 Å². The Morgan fingerprint density at radius 3 is 2.38 bits per heavy atom. The minimum atomic E-state index is -0.525. The maximum absolute atomic E-state index is 11.9. The summed E-state index contributed by atoms with van der Waals surface area (Å²) in [5.74, 6) is -0.986. The van der Waals surface area contributed by atoms with E-state index in [1.807, 2.05) is 0 Å². The Kier molecular flexibility index (Phi) is 7.16. The van der Waals surface area contributed by atoms with Crippen LogP contribution in [0.2, 0.25) is 0 Å². The molecule has 2 rings (SSSR count). The molecule has 0 aliphatic rings. The van der Waals surface area contributed by atoms with E-state index in [9.17, 15) is 14.4 Å². The first-order chi connectivity index (χ1) is 12.5. The lowest BCUT2D eigenvalue weighted by atomic mass is 10.2. The zero-order valence-electron chi connectivity index (χ0n) is 14.0. The molecule has 0 fully saturated rings. The van der Waals surface area contributed by atoms with Gasteiger partial charge < -0.3 is 9.47 Å². The Balaban J connectivity index is 1.78. The predicted molar refractivity (Wildman–Crippen MR) is 97.6 cm³/mol. The third-order valence-corrected chi connectivity index (χ3v) is 3.63. The van der Waals surface area contributed by atoms with Crippen LogP contribution in [0.15, 0.2) is 53.0 Å². The Morgan fingerprint density at radius 1 is 1.00 bits per heavy atom. The summed E-state index contributed by atoms with van der Waals surface area (Å²) in [5, 5.41) is 0. The number of nitrogens with one attached hydrogen (secondary N) is 2. The number of hydrogen-bond donors (Lipinski definition) is 2. The van der Waals surface area contributed by atoms with Crippen molar-refractivity contribution >= 4 is 33.7 Å². The molecular formula is C18H17BrN2O5. The average molecular weight is 421 g/mol. The molecule has 0 saturated heterocycles. The van der Waals surface area contributed by atoms with Gasteiger partial charge >= 0.3 is 5.97 Å². The standard InChI is InChI=1S/C18H17BrN2O5/c1-2-25-18(24)12-6-8-15(9-7-12)26-11-16(22)20-21-17(23)13-4-3-5-14(19)10-13/h3-10H,2,11H2,1H3,(H,20,22)(H,21,23). The number of carbonyl (C=O) groups excluding carboxylic acids is 3. The van der Waals surface area contributed by atoms with Gasteiger partial charge in [-0.1, -0.05) is 22.0 Å². The van der Waals surface area contributed by atoms with Gasteiger partial charge in [-0.05, 0) is 49.4 Å². The third kappa shape index (κ3) is 5.89. The summed E-state index contributed by atoms with van der Waals surface area (Å²) < 4.78 is 10.9. The maximum atomic E-state index is 11.9. The van der Waals surface area contributed by atoms with Crippen molar-refractivity contribution in [1.29, 1.82) is 0 Å². The number of rotatable bonds is 6. The van der Waals surface area contributed by atoms with Crippen LogP contribution in [0.4, 0.5) is 0 Å². The van der Waals surface area contributed by atoms with Crippen molar-refractivity contribution in [3.63, 3.8) is 0 Å². The minimum absolute atomic E-state index is 0.294. The fraction of sp³-hybridized carbons (Fsp3) is 0.167. The topological polar surface area (TPSA) is 93.7 Å². The van der Waals surface area contributed by atoms with Crippen LogP contribution in [0.25, 0.3) is 0 Å². The van der Waals surface area contributed by atoms with Gasteiger partial charge in [0, 0.05) is 10.0 Å². The average Bonchev–Trinajstić information content (AvgIpc) is 2.65. The lowest BCUT2D eigenvalue weighted by molar-refractivity contribution is -0.123. The number of hydrogen-bond acceptors (Lipinski definition) is 5. The molecule has 136 valence electrons. The minimum Gasteiger partial charge on any atom is -0.484 e. The fourth-order valence-corrected chi connectivity index (χ4v) is 2.31. The SMILES string of the molecule is CCOC(=O)c1ccc(OCC(=O)NNC(=O)c2cccc(Br)c2)cc1. The first-order valence-electron chi connectivity index (χ1n) is 7.74. The largest absolute Gasteiger partial charge is 0.484 e. The van der Waals surface area contributed by atoms with Crippen molar-refractivity contribution in [3.05, 3.63) is 64.1 Å². The normalized spacial score (nSPS) is 9.92. The molecule has 0 radical (unpaired) electrons. The van der Waals surface area contributed by atoms with E-state index in [4.69, 9.17) is 9.47 Å². The maximum Gasteiger partial charge on any atom is 0.338 e. The van der Waals surface area contributed by atoms with E-state index in [1.165, 1.54) is 0 Å². The number of halogens is 1. The van der Waals surface area contributed by atoms with Crippen LogP contribution in [-0.2, 0) is 9.53 Å². The Labute approximate surface area is 158 Å². The molecule has 0 atom stereocenters. The van der Waals surface area contributed by atoms with Gasteiger partial charge in [0.1, 0.15) is 5.75 Å². The smallest absolute Gasteiger partial charge is 0.338 e. The molecule has 8 heteroatoms. The van der Waals surface area contributed by atoms with Crippen molar-refractivity contribution in [2.45, 2.75) is 6.92 Å². The molecule has 7 nitrogen and oxygen atoms in total. The lowest BCUT2D eigenvalue weighted by Gasteiger charge is -2.09. The molecule has 2 amide bonds. The summed E-state index contributed by atoms with van der Waals surface area (Å²) >= 11 is 3.27. The number of esters is 1. The second-order valence-corrected chi connectivity index (χ2v) is 5.96. The third-order valence-electron chi connectivity index (χ3n) is 3.14. The highest BCUT2D eigenvalue weighted by atomic mass is 79.9. The number of benzene rings is 2. The summed E-state index contributed by atoms with van der Waals surface area (Å²) in [6.07, 6.45) is 0. The van der Waals surface area contributed by atoms with E-state index in [0.29, 0.717) is 23.5 Å². The van der Waals surface area contributed by atoms with E-state index < -0.39 is 17.8 Å². The van der Waals surface area contributed by atoms with Crippen LogP contribution in [-0.4, -0.2) is 31.0 Å². The summed E-state index contributed by atoms with van der Waals surface area (Å²) in [7, 11) is 0. The highest BCUT2D eigenvalue weighted by Gasteiger charge is 2.09. The van der Waals surface area contributed by atoms with Crippen molar-refractivity contribution in [2.24, 2.45) is 0 Å². The molecule has 0 saturated carbocycles. The molecule has 0 unspecified atom stereocenters. The van der Waals surface area contributed by atoms with Gasteiger partial charge in [0.15, 0.2) is 6.61 Å². The van der Waals surface area contributed by atoms with Gasteiger partial charge in [0.05, 0.1) is 12.2 Å². The molecule has 2 aromatic rings.